The van der Waals surface area contributed by atoms with Gasteiger partial charge in [-0.2, -0.15) is 5.10 Å². The van der Waals surface area contributed by atoms with Gasteiger partial charge in [0.1, 0.15) is 0 Å². The van der Waals surface area contributed by atoms with Gasteiger partial charge in [0, 0.05) is 39.1 Å². The molecule has 1 amide bonds. The number of aryl methyl sites for hydroxylation is 1. The molecule has 8 nitrogen and oxygen atoms in total. The number of carbonyl (C=O) groups excluding carboxylic acids is 1. The quantitative estimate of drug-likeness (QED) is 0.682. The normalized spacial score (nSPS) is 16.5. The van der Waals surface area contributed by atoms with Crippen LogP contribution >= 0.6 is 0 Å². The zero-order chi connectivity index (χ0) is 20.9. The van der Waals surface area contributed by atoms with E-state index in [1.807, 2.05) is 0 Å². The van der Waals surface area contributed by atoms with Crippen LogP contribution in [0.3, 0.4) is 0 Å². The number of nitrogens with zero attached hydrogens (tertiary/aromatic N) is 2. The first-order valence-electron chi connectivity index (χ1n) is 9.87. The van der Waals surface area contributed by atoms with Crippen LogP contribution in [0.4, 0.5) is 5.82 Å². The summed E-state index contributed by atoms with van der Waals surface area (Å²) in [6, 6.07) is 8.31. The molecular weight excluding hydrogens is 392 g/mol. The van der Waals surface area contributed by atoms with Crippen LogP contribution in [0.15, 0.2) is 41.4 Å². The highest BCUT2D eigenvalue weighted by Gasteiger charge is 2.27. The lowest BCUT2D eigenvalue weighted by atomic mass is 9.84. The molecule has 2 aromatic rings. The number of hydrogen-bond donors (Lipinski definition) is 2. The van der Waals surface area contributed by atoms with Gasteiger partial charge in [-0.1, -0.05) is 19.1 Å². The van der Waals surface area contributed by atoms with Crippen LogP contribution in [-0.2, 0) is 26.6 Å². The number of hydrogen-bond acceptors (Lipinski definition) is 5. The lowest BCUT2D eigenvalue weighted by molar-refractivity contribution is -0.118. The molecule has 1 aromatic heterocycles. The summed E-state index contributed by atoms with van der Waals surface area (Å²) in [5.41, 5.74) is 0.792. The summed E-state index contributed by atoms with van der Waals surface area (Å²) < 4.78 is 33.9. The van der Waals surface area contributed by atoms with Gasteiger partial charge in [-0.25, -0.2) is 13.1 Å². The van der Waals surface area contributed by atoms with Crippen molar-refractivity contribution >= 4 is 21.7 Å². The number of benzene rings is 1. The van der Waals surface area contributed by atoms with Crippen molar-refractivity contribution in [3.8, 4) is 0 Å². The van der Waals surface area contributed by atoms with E-state index in [0.29, 0.717) is 37.9 Å². The number of anilines is 1. The summed E-state index contributed by atoms with van der Waals surface area (Å²) in [4.78, 5) is 13.3. The lowest BCUT2D eigenvalue weighted by Gasteiger charge is -2.26. The Kier molecular flexibility index (Phi) is 7.05. The van der Waals surface area contributed by atoms with Crippen LogP contribution in [-0.4, -0.2) is 43.9 Å². The van der Waals surface area contributed by atoms with Gasteiger partial charge >= 0.3 is 0 Å². The second-order valence-corrected chi connectivity index (χ2v) is 9.05. The van der Waals surface area contributed by atoms with Crippen molar-refractivity contribution < 1.29 is 17.9 Å². The third-order valence-corrected chi connectivity index (χ3v) is 6.68. The smallest absolute Gasteiger partial charge is 0.240 e. The predicted octanol–water partition coefficient (Wildman–Crippen LogP) is 2.26. The van der Waals surface area contributed by atoms with Crippen molar-refractivity contribution in [2.24, 2.45) is 13.0 Å². The van der Waals surface area contributed by atoms with Crippen molar-refractivity contribution in [2.45, 2.75) is 37.0 Å². The highest BCUT2D eigenvalue weighted by Crippen LogP contribution is 2.31. The molecule has 1 aromatic carbocycles. The minimum Gasteiger partial charge on any atom is -0.381 e. The maximum absolute atomic E-state index is 13.1. The molecule has 0 saturated carbocycles. The van der Waals surface area contributed by atoms with Crippen LogP contribution < -0.4 is 10.0 Å². The molecule has 2 N–H and O–H groups in total. The molecule has 0 bridgehead atoms. The molecule has 1 aliphatic rings. The first kappa shape index (κ1) is 21.5. The van der Waals surface area contributed by atoms with E-state index in [1.165, 1.54) is 0 Å². The van der Waals surface area contributed by atoms with Gasteiger partial charge in [-0.05, 0) is 42.9 Å². The molecule has 3 rings (SSSR count). The molecule has 2 heterocycles. The van der Waals surface area contributed by atoms with Crippen LogP contribution in [0, 0.1) is 5.92 Å². The van der Waals surface area contributed by atoms with E-state index in [9.17, 15) is 13.2 Å². The number of nitrogens with one attached hydrogen (secondary N) is 2. The molecular formula is C20H28N4O4S. The summed E-state index contributed by atoms with van der Waals surface area (Å²) in [5.74, 6) is 0.350. The minimum absolute atomic E-state index is 0.141. The molecule has 1 atom stereocenters. The van der Waals surface area contributed by atoms with E-state index < -0.39 is 15.9 Å². The second-order valence-electron chi connectivity index (χ2n) is 7.28. The van der Waals surface area contributed by atoms with Crippen molar-refractivity contribution in [3.63, 3.8) is 0 Å². The van der Waals surface area contributed by atoms with E-state index in [2.05, 4.69) is 15.1 Å². The fraction of sp³-hybridized carbons (Fsp3) is 0.500. The topological polar surface area (TPSA) is 102 Å². The van der Waals surface area contributed by atoms with Crippen LogP contribution in [0.25, 0.3) is 0 Å². The molecule has 1 saturated heterocycles. The standard InChI is InChI=1S/C20H28N4O4S/c1-3-21-29(26,27)17-6-4-16(5-7-17)18(14-15-9-12-28-13-10-15)20(25)22-19-8-11-24(2)23-19/h4-8,11,15,18,21H,3,9-10,12-14H2,1-2H3,(H,22,23,25)/t18-/m1/s1. The Morgan fingerprint density at radius 3 is 2.52 bits per heavy atom. The molecule has 29 heavy (non-hydrogen) atoms. The zero-order valence-corrected chi connectivity index (χ0v) is 17.6. The molecule has 0 spiro atoms. The molecule has 9 heteroatoms. The number of amides is 1. The van der Waals surface area contributed by atoms with Gasteiger partial charge in [0.15, 0.2) is 5.82 Å². The molecule has 158 valence electrons. The van der Waals surface area contributed by atoms with E-state index in [0.717, 1.165) is 18.4 Å². The molecule has 1 aliphatic heterocycles. The summed E-state index contributed by atoms with van der Waals surface area (Å²) >= 11 is 0. The fourth-order valence-corrected chi connectivity index (χ4v) is 4.60. The number of carbonyl (C=O) groups is 1. The summed E-state index contributed by atoms with van der Waals surface area (Å²) in [6.45, 7) is 3.47. The van der Waals surface area contributed by atoms with Gasteiger partial charge in [0.25, 0.3) is 0 Å². The Labute approximate surface area is 171 Å². The molecule has 1 fully saturated rings. The lowest BCUT2D eigenvalue weighted by Crippen LogP contribution is -2.26. The summed E-state index contributed by atoms with van der Waals surface area (Å²) in [6.07, 6.45) is 4.28. The summed E-state index contributed by atoms with van der Waals surface area (Å²) in [7, 11) is -1.74. The number of sulfonamides is 1. The molecule has 0 aliphatic carbocycles. The first-order valence-corrected chi connectivity index (χ1v) is 11.3. The number of ether oxygens (including phenoxy) is 1. The van der Waals surface area contributed by atoms with Gasteiger partial charge in [-0.15, -0.1) is 0 Å². The average molecular weight is 421 g/mol. The van der Waals surface area contributed by atoms with Crippen LogP contribution in [0.1, 0.15) is 37.7 Å². The van der Waals surface area contributed by atoms with Crippen LogP contribution in [0.5, 0.6) is 0 Å². The van der Waals surface area contributed by atoms with Gasteiger partial charge in [0.05, 0.1) is 10.8 Å². The maximum Gasteiger partial charge on any atom is 0.240 e. The zero-order valence-electron chi connectivity index (χ0n) is 16.8. The Bertz CT molecular complexity index is 918. The van der Waals surface area contributed by atoms with Crippen molar-refractivity contribution in [1.29, 1.82) is 0 Å². The highest BCUT2D eigenvalue weighted by atomic mass is 32.2. The third-order valence-electron chi connectivity index (χ3n) is 5.12. The summed E-state index contributed by atoms with van der Waals surface area (Å²) in [5, 5.41) is 7.10. The Hall–Kier alpha value is -2.23. The fourth-order valence-electron chi connectivity index (χ4n) is 3.56. The van der Waals surface area contributed by atoms with E-state index in [4.69, 9.17) is 4.74 Å². The monoisotopic (exact) mass is 420 g/mol. The average Bonchev–Trinajstić information content (AvgIpc) is 3.11. The van der Waals surface area contributed by atoms with Gasteiger partial charge in [0.2, 0.25) is 15.9 Å². The largest absolute Gasteiger partial charge is 0.381 e. The third kappa shape index (κ3) is 5.65. The van der Waals surface area contributed by atoms with Gasteiger partial charge < -0.3 is 10.1 Å². The van der Waals surface area contributed by atoms with E-state index in [-0.39, 0.29) is 10.8 Å². The Balaban J connectivity index is 1.82. The predicted molar refractivity (Wildman–Crippen MR) is 110 cm³/mol. The van der Waals surface area contributed by atoms with Crippen molar-refractivity contribution in [3.05, 3.63) is 42.1 Å². The van der Waals surface area contributed by atoms with Crippen molar-refractivity contribution in [1.82, 2.24) is 14.5 Å². The minimum atomic E-state index is -3.53. The Morgan fingerprint density at radius 1 is 1.24 bits per heavy atom. The van der Waals surface area contributed by atoms with Crippen molar-refractivity contribution in [2.75, 3.05) is 25.1 Å². The van der Waals surface area contributed by atoms with Crippen LogP contribution in [0.2, 0.25) is 0 Å². The molecule has 0 unspecified atom stereocenters. The van der Waals surface area contributed by atoms with E-state index in [1.54, 1.807) is 55.2 Å². The number of rotatable bonds is 8. The second kappa shape index (κ2) is 9.51. The maximum atomic E-state index is 13.1. The van der Waals surface area contributed by atoms with E-state index >= 15 is 0 Å². The molecule has 0 radical (unpaired) electrons. The number of aromatic nitrogens is 2. The SMILES string of the molecule is CCNS(=O)(=O)c1ccc([C@@H](CC2CCOCC2)C(=O)Nc2ccn(C)n2)cc1. The Morgan fingerprint density at radius 2 is 1.93 bits per heavy atom. The van der Waals surface area contributed by atoms with Gasteiger partial charge in [-0.3, -0.25) is 9.48 Å². The highest BCUT2D eigenvalue weighted by molar-refractivity contribution is 7.89. The first-order chi connectivity index (χ1) is 13.9.